The molecule has 1 N–H and O–H groups in total. The maximum absolute atomic E-state index is 3.75. The molecule has 0 saturated carbocycles. The monoisotopic (exact) mass is 225 g/mol. The number of piperidine rings is 1. The van der Waals surface area contributed by atoms with Gasteiger partial charge in [-0.15, -0.1) is 0 Å². The van der Waals surface area contributed by atoms with Gasteiger partial charge in [0, 0.05) is 18.6 Å². The van der Waals surface area contributed by atoms with Gasteiger partial charge in [-0.2, -0.15) is 0 Å². The van der Waals surface area contributed by atoms with Crippen molar-refractivity contribution in [2.75, 3.05) is 39.8 Å². The molecule has 2 aliphatic heterocycles. The molecule has 1 unspecified atom stereocenters. The fourth-order valence-electron chi connectivity index (χ4n) is 2.86. The summed E-state index contributed by atoms with van der Waals surface area (Å²) in [6.45, 7) is 8.69. The Morgan fingerprint density at radius 1 is 1.12 bits per heavy atom. The zero-order chi connectivity index (χ0) is 11.4. The predicted molar refractivity (Wildman–Crippen MR) is 68.8 cm³/mol. The van der Waals surface area contributed by atoms with Crippen LogP contribution in [0.3, 0.4) is 0 Å². The average molecular weight is 225 g/mol. The number of nitrogens with zero attached hydrogens (tertiary/aromatic N) is 2. The summed E-state index contributed by atoms with van der Waals surface area (Å²) in [6, 6.07) is 1.49. The number of likely N-dealkylation sites (tertiary alicyclic amines) is 2. The molecule has 2 fully saturated rings. The molecule has 2 saturated heterocycles. The molecule has 0 amide bonds. The topological polar surface area (TPSA) is 18.5 Å². The van der Waals surface area contributed by atoms with Gasteiger partial charge in [0.2, 0.25) is 0 Å². The Morgan fingerprint density at radius 3 is 2.38 bits per heavy atom. The molecule has 0 aromatic carbocycles. The Kier molecular flexibility index (Phi) is 4.62. The number of hydrogen-bond donors (Lipinski definition) is 1. The van der Waals surface area contributed by atoms with E-state index in [0.717, 1.165) is 12.1 Å². The lowest BCUT2D eigenvalue weighted by Gasteiger charge is -2.32. The normalized spacial score (nSPS) is 27.4. The summed E-state index contributed by atoms with van der Waals surface area (Å²) in [4.78, 5) is 5.06. The minimum atomic E-state index is 0.724. The summed E-state index contributed by atoms with van der Waals surface area (Å²) in [5.74, 6) is 0. The molecular weight excluding hydrogens is 198 g/mol. The molecule has 16 heavy (non-hydrogen) atoms. The van der Waals surface area contributed by atoms with E-state index < -0.39 is 0 Å². The number of nitrogens with one attached hydrogen (secondary N) is 1. The van der Waals surface area contributed by atoms with E-state index in [1.807, 2.05) is 0 Å². The largest absolute Gasteiger partial charge is 0.312 e. The van der Waals surface area contributed by atoms with E-state index in [9.17, 15) is 0 Å². The van der Waals surface area contributed by atoms with Crippen LogP contribution >= 0.6 is 0 Å². The Bertz CT molecular complexity index is 193. The second-order valence-electron chi connectivity index (χ2n) is 5.58. The van der Waals surface area contributed by atoms with Gasteiger partial charge in [0.15, 0.2) is 0 Å². The Morgan fingerprint density at radius 2 is 1.75 bits per heavy atom. The third kappa shape index (κ3) is 3.44. The first-order chi connectivity index (χ1) is 7.75. The smallest absolute Gasteiger partial charge is 0.0192 e. The first kappa shape index (κ1) is 12.3. The SMILES string of the molecule is CC(CNC1CCN(C)CC1)N1CCCC1. The highest BCUT2D eigenvalue weighted by Crippen LogP contribution is 2.12. The summed E-state index contributed by atoms with van der Waals surface area (Å²) in [5, 5.41) is 3.75. The van der Waals surface area contributed by atoms with E-state index in [1.165, 1.54) is 58.4 Å². The molecule has 0 bridgehead atoms. The number of hydrogen-bond acceptors (Lipinski definition) is 3. The molecule has 0 aliphatic carbocycles. The van der Waals surface area contributed by atoms with Crippen molar-refractivity contribution in [3.63, 3.8) is 0 Å². The standard InChI is InChI=1S/C13H27N3/c1-12(16-7-3-4-8-16)11-14-13-5-9-15(2)10-6-13/h12-14H,3-11H2,1-2H3. The molecular formula is C13H27N3. The average Bonchev–Trinajstić information content (AvgIpc) is 2.81. The van der Waals surface area contributed by atoms with Crippen LogP contribution in [0.5, 0.6) is 0 Å². The summed E-state index contributed by atoms with van der Waals surface area (Å²) in [7, 11) is 2.23. The molecule has 0 aromatic rings. The van der Waals surface area contributed by atoms with Gasteiger partial charge >= 0.3 is 0 Å². The van der Waals surface area contributed by atoms with Crippen molar-refractivity contribution >= 4 is 0 Å². The molecule has 3 nitrogen and oxygen atoms in total. The van der Waals surface area contributed by atoms with E-state index in [0.29, 0.717) is 0 Å². The van der Waals surface area contributed by atoms with Crippen LogP contribution in [0.4, 0.5) is 0 Å². The van der Waals surface area contributed by atoms with E-state index in [-0.39, 0.29) is 0 Å². The second-order valence-corrected chi connectivity index (χ2v) is 5.58. The van der Waals surface area contributed by atoms with Crippen LogP contribution in [0.25, 0.3) is 0 Å². The number of rotatable bonds is 4. The molecule has 94 valence electrons. The summed E-state index contributed by atoms with van der Waals surface area (Å²) >= 11 is 0. The van der Waals surface area contributed by atoms with Crippen LogP contribution in [-0.4, -0.2) is 61.7 Å². The van der Waals surface area contributed by atoms with Gasteiger partial charge in [-0.1, -0.05) is 0 Å². The highest BCUT2D eigenvalue weighted by Gasteiger charge is 2.20. The van der Waals surface area contributed by atoms with Crippen molar-refractivity contribution in [3.05, 3.63) is 0 Å². The molecule has 2 rings (SSSR count). The van der Waals surface area contributed by atoms with Gasteiger partial charge in [-0.25, -0.2) is 0 Å². The zero-order valence-electron chi connectivity index (χ0n) is 10.9. The zero-order valence-corrected chi connectivity index (χ0v) is 10.9. The Hall–Kier alpha value is -0.120. The van der Waals surface area contributed by atoms with Gasteiger partial charge in [-0.05, 0) is 65.8 Å². The lowest BCUT2D eigenvalue weighted by atomic mass is 10.1. The molecule has 0 aromatic heterocycles. The molecule has 2 heterocycles. The van der Waals surface area contributed by atoms with Crippen molar-refractivity contribution in [2.24, 2.45) is 0 Å². The van der Waals surface area contributed by atoms with Crippen LogP contribution in [0.2, 0.25) is 0 Å². The quantitative estimate of drug-likeness (QED) is 0.774. The summed E-state index contributed by atoms with van der Waals surface area (Å²) in [6.07, 6.45) is 5.45. The van der Waals surface area contributed by atoms with E-state index in [4.69, 9.17) is 0 Å². The first-order valence-corrected chi connectivity index (χ1v) is 6.91. The highest BCUT2D eigenvalue weighted by atomic mass is 15.2. The van der Waals surface area contributed by atoms with Crippen LogP contribution in [-0.2, 0) is 0 Å². The van der Waals surface area contributed by atoms with Crippen LogP contribution < -0.4 is 5.32 Å². The van der Waals surface area contributed by atoms with Crippen LogP contribution in [0.1, 0.15) is 32.6 Å². The van der Waals surface area contributed by atoms with Crippen LogP contribution in [0, 0.1) is 0 Å². The fraction of sp³-hybridized carbons (Fsp3) is 1.00. The van der Waals surface area contributed by atoms with Gasteiger partial charge in [-0.3, -0.25) is 4.90 Å². The van der Waals surface area contributed by atoms with Crippen molar-refractivity contribution in [3.8, 4) is 0 Å². The van der Waals surface area contributed by atoms with Crippen LogP contribution in [0.15, 0.2) is 0 Å². The third-order valence-corrected chi connectivity index (χ3v) is 4.18. The molecule has 0 radical (unpaired) electrons. The van der Waals surface area contributed by atoms with Crippen molar-refractivity contribution < 1.29 is 0 Å². The predicted octanol–water partition coefficient (Wildman–Crippen LogP) is 1.15. The first-order valence-electron chi connectivity index (χ1n) is 6.91. The van der Waals surface area contributed by atoms with Gasteiger partial charge in [0.25, 0.3) is 0 Å². The lowest BCUT2D eigenvalue weighted by molar-refractivity contribution is 0.208. The molecule has 2 aliphatic rings. The van der Waals surface area contributed by atoms with Gasteiger partial charge < -0.3 is 10.2 Å². The summed E-state index contributed by atoms with van der Waals surface area (Å²) < 4.78 is 0. The van der Waals surface area contributed by atoms with Gasteiger partial charge in [0.1, 0.15) is 0 Å². The Balaban J connectivity index is 1.62. The lowest BCUT2D eigenvalue weighted by Crippen LogP contribution is -2.46. The minimum Gasteiger partial charge on any atom is -0.312 e. The summed E-state index contributed by atoms with van der Waals surface area (Å²) in [5.41, 5.74) is 0. The van der Waals surface area contributed by atoms with E-state index in [1.54, 1.807) is 0 Å². The van der Waals surface area contributed by atoms with Crippen molar-refractivity contribution in [1.29, 1.82) is 0 Å². The highest BCUT2D eigenvalue weighted by molar-refractivity contribution is 4.79. The maximum atomic E-state index is 3.75. The van der Waals surface area contributed by atoms with Gasteiger partial charge in [0.05, 0.1) is 0 Å². The fourth-order valence-corrected chi connectivity index (χ4v) is 2.86. The molecule has 3 heteroatoms. The van der Waals surface area contributed by atoms with Crippen molar-refractivity contribution in [1.82, 2.24) is 15.1 Å². The second kappa shape index (κ2) is 5.99. The van der Waals surface area contributed by atoms with E-state index >= 15 is 0 Å². The van der Waals surface area contributed by atoms with Crippen molar-refractivity contribution in [2.45, 2.75) is 44.7 Å². The maximum Gasteiger partial charge on any atom is 0.0192 e. The van der Waals surface area contributed by atoms with E-state index in [2.05, 4.69) is 29.1 Å². The molecule has 0 spiro atoms. The minimum absolute atomic E-state index is 0.724. The Labute approximate surface area is 100 Å². The molecule has 1 atom stereocenters. The third-order valence-electron chi connectivity index (χ3n) is 4.18.